The minimum absolute atomic E-state index is 0.0545. The van der Waals surface area contributed by atoms with Gasteiger partial charge in [0, 0.05) is 19.4 Å². The molecule has 1 unspecified atom stereocenters. The van der Waals surface area contributed by atoms with Crippen molar-refractivity contribution in [1.82, 2.24) is 4.90 Å². The van der Waals surface area contributed by atoms with Gasteiger partial charge in [-0.1, -0.05) is 0 Å². The lowest BCUT2D eigenvalue weighted by atomic mass is 10.1. The van der Waals surface area contributed by atoms with Crippen LogP contribution in [0.1, 0.15) is 23.7 Å². The molecule has 8 nitrogen and oxygen atoms in total. The Morgan fingerprint density at radius 3 is 3.00 bits per heavy atom. The predicted molar refractivity (Wildman–Crippen MR) is 77.1 cm³/mol. The summed E-state index contributed by atoms with van der Waals surface area (Å²) in [6.07, 6.45) is -0.350. The molecule has 3 aliphatic rings. The lowest BCUT2D eigenvalue weighted by molar-refractivity contribution is -0.145. The maximum Gasteiger partial charge on any atom is 0.302 e. The van der Waals surface area contributed by atoms with Gasteiger partial charge in [-0.25, -0.2) is 0 Å². The fraction of sp³-hybridized carbons (Fsp3) is 0.467. The first-order valence-corrected chi connectivity index (χ1v) is 7.29. The molecule has 1 aromatic rings. The zero-order valence-electron chi connectivity index (χ0n) is 12.7. The molecule has 1 amide bonds. The Kier molecular flexibility index (Phi) is 2.77. The zero-order chi connectivity index (χ0) is 16.4. The van der Waals surface area contributed by atoms with Gasteiger partial charge in [0.25, 0.3) is 5.91 Å². The Morgan fingerprint density at radius 2 is 2.30 bits per heavy atom. The molecule has 3 heterocycles. The van der Waals surface area contributed by atoms with Crippen LogP contribution in [0.5, 0.6) is 11.5 Å². The van der Waals surface area contributed by atoms with E-state index in [1.54, 1.807) is 4.90 Å². The highest BCUT2D eigenvalue weighted by molar-refractivity contribution is 6.02. The van der Waals surface area contributed by atoms with Crippen LogP contribution in [0.15, 0.2) is 12.1 Å². The van der Waals surface area contributed by atoms with E-state index in [4.69, 9.17) is 14.2 Å². The minimum Gasteiger partial charge on any atom is -0.504 e. The molecule has 2 fully saturated rings. The highest BCUT2D eigenvalue weighted by Gasteiger charge is 2.69. The maximum absolute atomic E-state index is 12.9. The van der Waals surface area contributed by atoms with Crippen LogP contribution in [0, 0.1) is 0 Å². The van der Waals surface area contributed by atoms with E-state index in [-0.39, 0.29) is 42.3 Å². The van der Waals surface area contributed by atoms with E-state index in [0.29, 0.717) is 17.7 Å². The highest BCUT2D eigenvalue weighted by Crippen LogP contribution is 2.52. The minimum atomic E-state index is -0.793. The fourth-order valence-electron chi connectivity index (χ4n) is 3.42. The van der Waals surface area contributed by atoms with Crippen molar-refractivity contribution < 1.29 is 28.9 Å². The second-order valence-corrected chi connectivity index (χ2v) is 5.91. The molecule has 4 rings (SSSR count). The Bertz CT molecular complexity index is 720. The number of phenols is 1. The number of carbonyl (C=O) groups excluding carboxylic acids is 2. The Hall–Kier alpha value is -2.48. The number of rotatable bonds is 2. The summed E-state index contributed by atoms with van der Waals surface area (Å²) in [5.74, 6) is -0.463. The number of phenolic OH excluding ortho intramolecular Hbond substituents is 1. The second kappa shape index (κ2) is 4.51. The van der Waals surface area contributed by atoms with E-state index < -0.39 is 5.72 Å². The number of nitrogens with one attached hydrogen (secondary N) is 1. The summed E-state index contributed by atoms with van der Waals surface area (Å²) in [5.41, 5.74) is 0.0888. The maximum atomic E-state index is 12.9. The molecule has 3 aliphatic heterocycles. The van der Waals surface area contributed by atoms with Gasteiger partial charge < -0.3 is 29.5 Å². The van der Waals surface area contributed by atoms with E-state index in [0.717, 1.165) is 0 Å². The smallest absolute Gasteiger partial charge is 0.302 e. The number of anilines is 1. The number of hydrogen-bond donors (Lipinski definition) is 2. The van der Waals surface area contributed by atoms with Crippen molar-refractivity contribution in [2.75, 3.05) is 19.0 Å². The molecular formula is C15H16N2O6. The standard InChI is InChI=1S/C15H16N2O6/c1-7(18)22-8-5-15-14(23-15)16-10-4-11(19)12(21-2)3-9(10)13(20)17(15)6-8/h3-4,8,14,16,19H,5-6H2,1-2H3/t8-,14?,15-/m1/s1. The molecular weight excluding hydrogens is 304 g/mol. The molecule has 1 spiro atoms. The van der Waals surface area contributed by atoms with Gasteiger partial charge in [-0.15, -0.1) is 0 Å². The largest absolute Gasteiger partial charge is 0.504 e. The van der Waals surface area contributed by atoms with E-state index in [1.165, 1.54) is 26.2 Å². The molecule has 122 valence electrons. The van der Waals surface area contributed by atoms with Crippen molar-refractivity contribution >= 4 is 17.6 Å². The van der Waals surface area contributed by atoms with Gasteiger partial charge in [0.1, 0.15) is 6.10 Å². The molecule has 0 bridgehead atoms. The predicted octanol–water partition coefficient (Wildman–Crippen LogP) is 0.656. The van der Waals surface area contributed by atoms with Crippen molar-refractivity contribution in [3.05, 3.63) is 17.7 Å². The van der Waals surface area contributed by atoms with Crippen molar-refractivity contribution in [2.24, 2.45) is 0 Å². The number of aromatic hydroxyl groups is 1. The van der Waals surface area contributed by atoms with Crippen molar-refractivity contribution in [2.45, 2.75) is 31.4 Å². The number of esters is 1. The monoisotopic (exact) mass is 320 g/mol. The number of epoxide rings is 1. The quantitative estimate of drug-likeness (QED) is 0.609. The summed E-state index contributed by atoms with van der Waals surface area (Å²) in [7, 11) is 1.42. The molecule has 1 aromatic carbocycles. The average Bonchev–Trinajstić information content (AvgIpc) is 3.04. The zero-order valence-corrected chi connectivity index (χ0v) is 12.7. The third-order valence-electron chi connectivity index (χ3n) is 4.45. The van der Waals surface area contributed by atoms with Crippen molar-refractivity contribution in [3.8, 4) is 11.5 Å². The summed E-state index contributed by atoms with van der Waals surface area (Å²) in [5, 5.41) is 13.0. The van der Waals surface area contributed by atoms with Crippen LogP contribution >= 0.6 is 0 Å². The number of ether oxygens (including phenoxy) is 3. The summed E-state index contributed by atoms with van der Waals surface area (Å²) in [6, 6.07) is 2.95. The number of hydrogen-bond acceptors (Lipinski definition) is 7. The summed E-state index contributed by atoms with van der Waals surface area (Å²) < 4.78 is 16.0. The number of amides is 1. The fourth-order valence-corrected chi connectivity index (χ4v) is 3.42. The summed E-state index contributed by atoms with van der Waals surface area (Å²) in [6.45, 7) is 1.62. The third kappa shape index (κ3) is 1.94. The van der Waals surface area contributed by atoms with Gasteiger partial charge in [0.05, 0.1) is 24.9 Å². The van der Waals surface area contributed by atoms with Crippen LogP contribution in [0.4, 0.5) is 5.69 Å². The first-order chi connectivity index (χ1) is 10.9. The van der Waals surface area contributed by atoms with E-state index >= 15 is 0 Å². The second-order valence-electron chi connectivity index (χ2n) is 5.91. The summed E-state index contributed by atoms with van der Waals surface area (Å²) >= 11 is 0. The van der Waals surface area contributed by atoms with Gasteiger partial charge in [-0.2, -0.15) is 0 Å². The van der Waals surface area contributed by atoms with Crippen molar-refractivity contribution in [1.29, 1.82) is 0 Å². The van der Waals surface area contributed by atoms with Crippen LogP contribution in [-0.2, 0) is 14.3 Å². The lowest BCUT2D eigenvalue weighted by Crippen LogP contribution is -2.39. The first kappa shape index (κ1) is 14.1. The molecule has 0 saturated carbocycles. The third-order valence-corrected chi connectivity index (χ3v) is 4.45. The van der Waals surface area contributed by atoms with Crippen molar-refractivity contribution in [3.63, 3.8) is 0 Å². The van der Waals surface area contributed by atoms with Gasteiger partial charge in [0.2, 0.25) is 0 Å². The number of fused-ring (bicyclic) bond motifs is 1. The Labute approximate surface area is 131 Å². The molecule has 2 saturated heterocycles. The normalized spacial score (nSPS) is 30.5. The highest BCUT2D eigenvalue weighted by atomic mass is 16.7. The SMILES string of the molecule is COc1cc2c(cc1O)NC1O[C@]13C[C@@H](OC(C)=O)CN3C2=O. The number of nitrogens with zero attached hydrogens (tertiary/aromatic N) is 1. The molecule has 2 N–H and O–H groups in total. The Balaban J connectivity index is 1.71. The lowest BCUT2D eigenvalue weighted by Gasteiger charge is -2.20. The van der Waals surface area contributed by atoms with E-state index in [1.807, 2.05) is 0 Å². The van der Waals surface area contributed by atoms with Crippen LogP contribution < -0.4 is 10.1 Å². The summed E-state index contributed by atoms with van der Waals surface area (Å²) in [4.78, 5) is 25.6. The van der Waals surface area contributed by atoms with Gasteiger partial charge in [-0.3, -0.25) is 9.59 Å². The molecule has 23 heavy (non-hydrogen) atoms. The molecule has 3 atom stereocenters. The molecule has 0 aliphatic carbocycles. The average molecular weight is 320 g/mol. The first-order valence-electron chi connectivity index (χ1n) is 7.29. The Morgan fingerprint density at radius 1 is 1.52 bits per heavy atom. The van der Waals surface area contributed by atoms with Crippen LogP contribution in [-0.4, -0.2) is 53.6 Å². The van der Waals surface area contributed by atoms with Gasteiger partial charge >= 0.3 is 5.97 Å². The number of benzene rings is 1. The number of methoxy groups -OCH3 is 1. The van der Waals surface area contributed by atoms with Crippen LogP contribution in [0.3, 0.4) is 0 Å². The topological polar surface area (TPSA) is 101 Å². The van der Waals surface area contributed by atoms with Gasteiger partial charge in [-0.05, 0) is 6.07 Å². The van der Waals surface area contributed by atoms with E-state index in [2.05, 4.69) is 5.32 Å². The molecule has 0 aromatic heterocycles. The van der Waals surface area contributed by atoms with Crippen LogP contribution in [0.25, 0.3) is 0 Å². The molecule has 8 heteroatoms. The molecule has 0 radical (unpaired) electrons. The van der Waals surface area contributed by atoms with Crippen LogP contribution in [0.2, 0.25) is 0 Å². The van der Waals surface area contributed by atoms with Gasteiger partial charge in [0.15, 0.2) is 23.5 Å². The number of carbonyl (C=O) groups is 2. The van der Waals surface area contributed by atoms with E-state index in [9.17, 15) is 14.7 Å².